The van der Waals surface area contributed by atoms with E-state index in [0.717, 1.165) is 26.1 Å². The summed E-state index contributed by atoms with van der Waals surface area (Å²) in [6, 6.07) is 9.98. The van der Waals surface area contributed by atoms with Crippen LogP contribution in [0.1, 0.15) is 23.2 Å². The number of alkyl halides is 1. The highest BCUT2D eigenvalue weighted by Gasteiger charge is 2.24. The van der Waals surface area contributed by atoms with Gasteiger partial charge in [0.15, 0.2) is 0 Å². The Morgan fingerprint density at radius 2 is 2.16 bits per heavy atom. The minimum Gasteiger partial charge on any atom is -0.390 e. The van der Waals surface area contributed by atoms with Gasteiger partial charge in [-0.1, -0.05) is 30.8 Å². The quantitative estimate of drug-likeness (QED) is 0.510. The summed E-state index contributed by atoms with van der Waals surface area (Å²) in [5, 5.41) is 19.9. The zero-order valence-electron chi connectivity index (χ0n) is 17.7. The van der Waals surface area contributed by atoms with Gasteiger partial charge in [0.1, 0.15) is 18.3 Å². The van der Waals surface area contributed by atoms with Crippen molar-refractivity contribution in [2.24, 2.45) is 0 Å². The molecule has 2 unspecified atom stereocenters. The Morgan fingerprint density at radius 1 is 1.32 bits per heavy atom. The summed E-state index contributed by atoms with van der Waals surface area (Å²) in [5.41, 5.74) is 3.97. The van der Waals surface area contributed by atoms with Crippen molar-refractivity contribution in [1.82, 2.24) is 25.5 Å². The van der Waals surface area contributed by atoms with E-state index in [1.54, 1.807) is 6.07 Å². The number of hydrogen-bond acceptors (Lipinski definition) is 7. The molecule has 2 aromatic rings. The van der Waals surface area contributed by atoms with E-state index in [1.165, 1.54) is 17.5 Å². The van der Waals surface area contributed by atoms with Crippen molar-refractivity contribution in [1.29, 1.82) is 0 Å². The van der Waals surface area contributed by atoms with E-state index in [-0.39, 0.29) is 6.04 Å². The number of rotatable bonds is 8. The molecule has 4 rings (SSSR count). The maximum atomic E-state index is 14.0. The Balaban J connectivity index is 1.26. The second-order valence-corrected chi connectivity index (χ2v) is 8.32. The number of nitrogens with zero attached hydrogens (tertiary/aromatic N) is 3. The van der Waals surface area contributed by atoms with Crippen molar-refractivity contribution in [3.05, 3.63) is 60.1 Å². The van der Waals surface area contributed by atoms with Crippen LogP contribution < -0.4 is 16.0 Å². The van der Waals surface area contributed by atoms with E-state index in [1.807, 2.05) is 0 Å². The van der Waals surface area contributed by atoms with E-state index < -0.39 is 12.3 Å². The minimum absolute atomic E-state index is 0.262. The highest BCUT2D eigenvalue weighted by atomic mass is 19.1. The summed E-state index contributed by atoms with van der Waals surface area (Å²) in [5.74, 6) is 0.579. The molecule has 166 valence electrons. The van der Waals surface area contributed by atoms with Gasteiger partial charge in [0.05, 0.1) is 23.5 Å². The first kappa shape index (κ1) is 21.7. The third kappa shape index (κ3) is 5.78. The van der Waals surface area contributed by atoms with E-state index in [2.05, 4.69) is 61.7 Å². The van der Waals surface area contributed by atoms with Crippen LogP contribution in [0.4, 0.5) is 10.2 Å². The van der Waals surface area contributed by atoms with Crippen LogP contribution in [-0.2, 0) is 13.0 Å². The number of aromatic nitrogens is 2. The van der Waals surface area contributed by atoms with Gasteiger partial charge >= 0.3 is 0 Å². The van der Waals surface area contributed by atoms with Crippen LogP contribution in [0.15, 0.2) is 43.2 Å². The summed E-state index contributed by atoms with van der Waals surface area (Å²) in [6.45, 7) is 7.96. The fourth-order valence-electron chi connectivity index (χ4n) is 4.18. The van der Waals surface area contributed by atoms with Gasteiger partial charge in [-0.15, -0.1) is 0 Å². The van der Waals surface area contributed by atoms with Crippen molar-refractivity contribution >= 4 is 11.5 Å². The monoisotopic (exact) mass is 426 g/mol. The molecule has 4 N–H and O–H groups in total. The lowest BCUT2D eigenvalue weighted by molar-refractivity contribution is 0.107. The van der Waals surface area contributed by atoms with Crippen LogP contribution in [0.2, 0.25) is 0 Å². The molecule has 7 nitrogen and oxygen atoms in total. The predicted molar refractivity (Wildman–Crippen MR) is 120 cm³/mol. The first-order valence-electron chi connectivity index (χ1n) is 10.9. The third-order valence-corrected chi connectivity index (χ3v) is 5.95. The second-order valence-electron chi connectivity index (χ2n) is 8.32. The number of benzene rings is 1. The molecule has 0 amide bonds. The average Bonchev–Trinajstić information content (AvgIpc) is 2.79. The summed E-state index contributed by atoms with van der Waals surface area (Å²) in [6.07, 6.45) is 1.68. The van der Waals surface area contributed by atoms with Crippen LogP contribution in [-0.4, -0.2) is 71.0 Å². The number of aliphatic hydroxyl groups excluding tert-OH is 1. The van der Waals surface area contributed by atoms with Crippen LogP contribution in [0.5, 0.6) is 0 Å². The van der Waals surface area contributed by atoms with Crippen molar-refractivity contribution in [3.8, 4) is 0 Å². The molecular weight excluding hydrogens is 395 g/mol. The SMILES string of the molecule is C=C(NC[C@H](O)CN1CCc2ccccc2C1)c1cc(NC2CCNCC2F)ncn1. The molecule has 1 saturated heterocycles. The number of fused-ring (bicyclic) bond motifs is 1. The molecule has 2 aliphatic heterocycles. The molecule has 1 fully saturated rings. The Morgan fingerprint density at radius 3 is 3.00 bits per heavy atom. The van der Waals surface area contributed by atoms with Crippen LogP contribution in [0, 0.1) is 0 Å². The molecule has 0 spiro atoms. The molecule has 3 atom stereocenters. The van der Waals surface area contributed by atoms with E-state index in [4.69, 9.17) is 0 Å². The summed E-state index contributed by atoms with van der Waals surface area (Å²) >= 11 is 0. The number of piperidine rings is 1. The molecule has 0 aliphatic carbocycles. The number of anilines is 1. The highest BCUT2D eigenvalue weighted by Crippen LogP contribution is 2.19. The number of hydrogen-bond donors (Lipinski definition) is 4. The lowest BCUT2D eigenvalue weighted by atomic mass is 10.00. The van der Waals surface area contributed by atoms with Gasteiger partial charge in [-0.3, -0.25) is 4.90 Å². The molecule has 3 heterocycles. The molecule has 1 aromatic carbocycles. The zero-order chi connectivity index (χ0) is 21.6. The number of aliphatic hydroxyl groups is 1. The first-order valence-corrected chi connectivity index (χ1v) is 10.9. The predicted octanol–water partition coefficient (Wildman–Crippen LogP) is 1.57. The Labute approximate surface area is 182 Å². The van der Waals surface area contributed by atoms with Crippen LogP contribution in [0.3, 0.4) is 0 Å². The van der Waals surface area contributed by atoms with Crippen LogP contribution >= 0.6 is 0 Å². The van der Waals surface area contributed by atoms with Gasteiger partial charge < -0.3 is 21.1 Å². The number of nitrogens with one attached hydrogen (secondary N) is 3. The fraction of sp³-hybridized carbons (Fsp3) is 0.478. The number of β-amino-alcohol motifs (C(OH)–C–C–N with tert-alkyl or cyclic N) is 1. The summed E-state index contributed by atoms with van der Waals surface area (Å²) in [7, 11) is 0. The van der Waals surface area contributed by atoms with Gasteiger partial charge in [-0.2, -0.15) is 0 Å². The normalized spacial score (nSPS) is 22.4. The van der Waals surface area contributed by atoms with Gasteiger partial charge in [-0.25, -0.2) is 14.4 Å². The Hall–Kier alpha value is -2.55. The third-order valence-electron chi connectivity index (χ3n) is 5.95. The summed E-state index contributed by atoms with van der Waals surface area (Å²) in [4.78, 5) is 10.7. The maximum Gasteiger partial charge on any atom is 0.133 e. The molecule has 0 bridgehead atoms. The molecule has 31 heavy (non-hydrogen) atoms. The lowest BCUT2D eigenvalue weighted by Crippen LogP contribution is -2.45. The lowest BCUT2D eigenvalue weighted by Gasteiger charge is -2.30. The van der Waals surface area contributed by atoms with Gasteiger partial charge in [-0.05, 0) is 30.5 Å². The second kappa shape index (κ2) is 10.2. The van der Waals surface area contributed by atoms with Gasteiger partial charge in [0.2, 0.25) is 0 Å². The van der Waals surface area contributed by atoms with Crippen LogP contribution in [0.25, 0.3) is 5.70 Å². The molecule has 0 radical (unpaired) electrons. The minimum atomic E-state index is -0.953. The zero-order valence-corrected chi connectivity index (χ0v) is 17.7. The standard InChI is InChI=1S/C23H31FN6O/c1-16(22-10-23(28-15-27-22)29-21-6-8-25-12-20(21)24)26-11-19(31)14-30-9-7-17-4-2-3-5-18(17)13-30/h2-5,10,15,19-21,25-26,31H,1,6-9,11-14H2,(H,27,28,29)/t19-,20?,21?/m0/s1. The van der Waals surface area contributed by atoms with E-state index in [9.17, 15) is 9.50 Å². The molecule has 0 saturated carbocycles. The topological polar surface area (TPSA) is 85.3 Å². The van der Waals surface area contributed by atoms with Crippen molar-refractivity contribution in [2.45, 2.75) is 37.7 Å². The first-order chi connectivity index (χ1) is 15.1. The van der Waals surface area contributed by atoms with Crippen molar-refractivity contribution < 1.29 is 9.50 Å². The average molecular weight is 427 g/mol. The van der Waals surface area contributed by atoms with Crippen molar-refractivity contribution in [2.75, 3.05) is 38.0 Å². The summed E-state index contributed by atoms with van der Waals surface area (Å²) < 4.78 is 14.0. The largest absolute Gasteiger partial charge is 0.390 e. The van der Waals surface area contributed by atoms with Gasteiger partial charge in [0, 0.05) is 38.8 Å². The molecule has 8 heteroatoms. The van der Waals surface area contributed by atoms with E-state index >= 15 is 0 Å². The smallest absolute Gasteiger partial charge is 0.133 e. The maximum absolute atomic E-state index is 14.0. The highest BCUT2D eigenvalue weighted by molar-refractivity contribution is 5.60. The fourth-order valence-corrected chi connectivity index (χ4v) is 4.18. The van der Waals surface area contributed by atoms with E-state index in [0.29, 0.717) is 43.3 Å². The molecule has 1 aromatic heterocycles. The Kier molecular flexibility index (Phi) is 7.11. The number of halogens is 1. The Bertz CT molecular complexity index is 894. The van der Waals surface area contributed by atoms with Crippen molar-refractivity contribution in [3.63, 3.8) is 0 Å². The molecule has 2 aliphatic rings. The van der Waals surface area contributed by atoms with Gasteiger partial charge in [0.25, 0.3) is 0 Å². The molecular formula is C23H31FN6O.